The molecule has 4 nitrogen and oxygen atoms in total. The maximum atomic E-state index is 11.7. The van der Waals surface area contributed by atoms with Crippen LogP contribution in [-0.2, 0) is 6.54 Å². The molecule has 3 heterocycles. The number of nitrogens with zero attached hydrogens (tertiary/aromatic N) is 2. The number of aromatic nitrogens is 2. The molecule has 0 amide bonds. The van der Waals surface area contributed by atoms with E-state index in [1.54, 1.807) is 28.2 Å². The lowest BCUT2D eigenvalue weighted by atomic mass is 10.3. The highest BCUT2D eigenvalue weighted by Gasteiger charge is 2.08. The summed E-state index contributed by atoms with van der Waals surface area (Å²) in [5, 5.41) is 5.98. The van der Waals surface area contributed by atoms with E-state index in [1.165, 1.54) is 6.07 Å². The quantitative estimate of drug-likeness (QED) is 0.736. The average Bonchev–Trinajstić information content (AvgIpc) is 3.04. The summed E-state index contributed by atoms with van der Waals surface area (Å²) in [4.78, 5) is 12.7. The zero-order valence-electron chi connectivity index (χ0n) is 9.75. The first-order chi connectivity index (χ1) is 9.22. The zero-order chi connectivity index (χ0) is 13.2. The molecule has 19 heavy (non-hydrogen) atoms. The summed E-state index contributed by atoms with van der Waals surface area (Å²) in [5.41, 5.74) is 0.660. The van der Waals surface area contributed by atoms with E-state index in [-0.39, 0.29) is 5.56 Å². The van der Waals surface area contributed by atoms with Gasteiger partial charge in [0.25, 0.3) is 5.56 Å². The average molecular weight is 337 g/mol. The second kappa shape index (κ2) is 5.14. The van der Waals surface area contributed by atoms with E-state index >= 15 is 0 Å². The summed E-state index contributed by atoms with van der Waals surface area (Å²) in [6.07, 6.45) is 1.74. The van der Waals surface area contributed by atoms with Crippen LogP contribution in [0.5, 0.6) is 0 Å². The standard InChI is InChI=1S/C13H9BrN2O2S/c14-9-3-4-13(17)16(7-9)8-10-6-11(18-15-10)12-2-1-5-19-12/h1-7H,8H2. The lowest BCUT2D eigenvalue weighted by Crippen LogP contribution is -2.18. The van der Waals surface area contributed by atoms with Crippen LogP contribution in [0.3, 0.4) is 0 Å². The fraction of sp³-hybridized carbons (Fsp3) is 0.0769. The summed E-state index contributed by atoms with van der Waals surface area (Å²) in [5.74, 6) is 0.730. The Kier molecular flexibility index (Phi) is 3.35. The Labute approximate surface area is 121 Å². The van der Waals surface area contributed by atoms with Gasteiger partial charge >= 0.3 is 0 Å². The van der Waals surface area contributed by atoms with Gasteiger partial charge in [0.15, 0.2) is 5.76 Å². The molecule has 0 fully saturated rings. The highest BCUT2D eigenvalue weighted by molar-refractivity contribution is 9.10. The molecule has 0 spiro atoms. The summed E-state index contributed by atoms with van der Waals surface area (Å²) >= 11 is 4.94. The van der Waals surface area contributed by atoms with Gasteiger partial charge in [-0.1, -0.05) is 11.2 Å². The molecule has 3 rings (SSSR count). The Bertz CT molecular complexity index is 746. The molecule has 0 saturated carbocycles. The summed E-state index contributed by atoms with van der Waals surface area (Å²) in [7, 11) is 0. The third kappa shape index (κ3) is 2.69. The number of pyridine rings is 1. The van der Waals surface area contributed by atoms with Crippen molar-refractivity contribution in [1.82, 2.24) is 9.72 Å². The van der Waals surface area contributed by atoms with E-state index in [2.05, 4.69) is 21.1 Å². The molecule has 0 N–H and O–H groups in total. The number of thiophene rings is 1. The second-order valence-electron chi connectivity index (χ2n) is 3.97. The van der Waals surface area contributed by atoms with Crippen molar-refractivity contribution in [3.63, 3.8) is 0 Å². The molecule has 0 aliphatic rings. The SMILES string of the molecule is O=c1ccc(Br)cn1Cc1cc(-c2cccs2)on1. The van der Waals surface area contributed by atoms with Crippen LogP contribution in [0.1, 0.15) is 5.69 Å². The van der Waals surface area contributed by atoms with Crippen LogP contribution >= 0.6 is 27.3 Å². The minimum atomic E-state index is -0.0659. The number of rotatable bonds is 3. The van der Waals surface area contributed by atoms with Gasteiger partial charge in [-0.2, -0.15) is 0 Å². The fourth-order valence-corrected chi connectivity index (χ4v) is 2.77. The number of hydrogen-bond donors (Lipinski definition) is 0. The van der Waals surface area contributed by atoms with Crippen LogP contribution in [0.2, 0.25) is 0 Å². The van der Waals surface area contributed by atoms with Gasteiger partial charge in [0.1, 0.15) is 5.69 Å². The predicted molar refractivity (Wildman–Crippen MR) is 77.3 cm³/mol. The number of halogens is 1. The zero-order valence-corrected chi connectivity index (χ0v) is 12.1. The van der Waals surface area contributed by atoms with Crippen LogP contribution in [0.25, 0.3) is 10.6 Å². The molecule has 0 unspecified atom stereocenters. The Hall–Kier alpha value is -1.66. The monoisotopic (exact) mass is 336 g/mol. The summed E-state index contributed by atoms with van der Waals surface area (Å²) in [6.45, 7) is 0.396. The lowest BCUT2D eigenvalue weighted by Gasteiger charge is -2.02. The second-order valence-corrected chi connectivity index (χ2v) is 5.84. The Morgan fingerprint density at radius 1 is 1.37 bits per heavy atom. The van der Waals surface area contributed by atoms with Gasteiger partial charge in [-0.25, -0.2) is 0 Å². The maximum Gasteiger partial charge on any atom is 0.250 e. The van der Waals surface area contributed by atoms with E-state index in [0.717, 1.165) is 20.8 Å². The van der Waals surface area contributed by atoms with Crippen LogP contribution in [0.4, 0.5) is 0 Å². The third-order valence-electron chi connectivity index (χ3n) is 2.60. The van der Waals surface area contributed by atoms with Crippen molar-refractivity contribution < 1.29 is 4.52 Å². The van der Waals surface area contributed by atoms with Gasteiger partial charge in [0.05, 0.1) is 11.4 Å². The summed E-state index contributed by atoms with van der Waals surface area (Å²) < 4.78 is 7.72. The minimum Gasteiger partial charge on any atom is -0.355 e. The van der Waals surface area contributed by atoms with Crippen LogP contribution < -0.4 is 5.56 Å². The molecule has 0 aromatic carbocycles. The van der Waals surface area contributed by atoms with Crippen molar-refractivity contribution >= 4 is 27.3 Å². The molecule has 0 aliphatic heterocycles. The van der Waals surface area contributed by atoms with Crippen molar-refractivity contribution in [2.45, 2.75) is 6.54 Å². The van der Waals surface area contributed by atoms with Crippen molar-refractivity contribution in [2.24, 2.45) is 0 Å². The Morgan fingerprint density at radius 3 is 3.05 bits per heavy atom. The fourth-order valence-electron chi connectivity index (χ4n) is 1.72. The first-order valence-electron chi connectivity index (χ1n) is 5.58. The van der Waals surface area contributed by atoms with Gasteiger partial charge < -0.3 is 9.09 Å². The van der Waals surface area contributed by atoms with Gasteiger partial charge in [-0.15, -0.1) is 11.3 Å². The van der Waals surface area contributed by atoms with Crippen molar-refractivity contribution in [1.29, 1.82) is 0 Å². The molecule has 0 aliphatic carbocycles. The first-order valence-corrected chi connectivity index (χ1v) is 7.25. The maximum absolute atomic E-state index is 11.7. The van der Waals surface area contributed by atoms with E-state index in [0.29, 0.717) is 6.54 Å². The smallest absolute Gasteiger partial charge is 0.250 e. The van der Waals surface area contributed by atoms with Gasteiger partial charge in [-0.3, -0.25) is 4.79 Å². The van der Waals surface area contributed by atoms with Gasteiger partial charge in [0.2, 0.25) is 0 Å². The molecule has 0 bridgehead atoms. The van der Waals surface area contributed by atoms with Crippen LogP contribution in [0.15, 0.2) is 55.7 Å². The Balaban J connectivity index is 1.88. The molecular formula is C13H9BrN2O2S. The first kappa shape index (κ1) is 12.4. The van der Waals surface area contributed by atoms with Gasteiger partial charge in [0, 0.05) is 22.8 Å². The minimum absolute atomic E-state index is 0.0659. The largest absolute Gasteiger partial charge is 0.355 e. The van der Waals surface area contributed by atoms with Crippen molar-refractivity contribution in [3.8, 4) is 10.6 Å². The third-order valence-corrected chi connectivity index (χ3v) is 3.96. The molecule has 3 aromatic heterocycles. The van der Waals surface area contributed by atoms with E-state index in [4.69, 9.17) is 4.52 Å². The molecule has 6 heteroatoms. The normalized spacial score (nSPS) is 10.8. The highest BCUT2D eigenvalue weighted by Crippen LogP contribution is 2.25. The molecule has 0 radical (unpaired) electrons. The van der Waals surface area contributed by atoms with Crippen LogP contribution in [-0.4, -0.2) is 9.72 Å². The molecule has 0 saturated heterocycles. The predicted octanol–water partition coefficient (Wildman–Crippen LogP) is 3.38. The van der Waals surface area contributed by atoms with E-state index in [1.807, 2.05) is 23.6 Å². The molecule has 3 aromatic rings. The van der Waals surface area contributed by atoms with Crippen molar-refractivity contribution in [2.75, 3.05) is 0 Å². The lowest BCUT2D eigenvalue weighted by molar-refractivity contribution is 0.421. The van der Waals surface area contributed by atoms with Crippen LogP contribution in [0, 0.1) is 0 Å². The highest BCUT2D eigenvalue weighted by atomic mass is 79.9. The molecule has 0 atom stereocenters. The number of hydrogen-bond acceptors (Lipinski definition) is 4. The Morgan fingerprint density at radius 2 is 2.26 bits per heavy atom. The summed E-state index contributed by atoms with van der Waals surface area (Å²) in [6, 6.07) is 9.03. The molecule has 96 valence electrons. The van der Waals surface area contributed by atoms with Crippen molar-refractivity contribution in [3.05, 3.63) is 62.4 Å². The van der Waals surface area contributed by atoms with E-state index in [9.17, 15) is 4.79 Å². The van der Waals surface area contributed by atoms with Gasteiger partial charge in [-0.05, 0) is 33.4 Å². The van der Waals surface area contributed by atoms with E-state index < -0.39 is 0 Å². The molecular weight excluding hydrogens is 328 g/mol. The topological polar surface area (TPSA) is 48.0 Å².